The number of nitrogens with zero attached hydrogens (tertiary/aromatic N) is 2. The van der Waals surface area contributed by atoms with Crippen molar-refractivity contribution in [3.63, 3.8) is 0 Å². The van der Waals surface area contributed by atoms with Crippen LogP contribution in [-0.2, 0) is 22.5 Å². The predicted octanol–water partition coefficient (Wildman–Crippen LogP) is 6.16. The second-order valence-electron chi connectivity index (χ2n) is 6.60. The molecule has 6 heteroatoms. The topological polar surface area (TPSA) is 44.1 Å². The van der Waals surface area contributed by atoms with Crippen molar-refractivity contribution in [2.45, 2.75) is 19.9 Å². The van der Waals surface area contributed by atoms with Gasteiger partial charge in [-0.05, 0) is 28.8 Å². The number of benzene rings is 2. The summed E-state index contributed by atoms with van der Waals surface area (Å²) < 4.78 is 6.63. The van der Waals surface area contributed by atoms with Crippen molar-refractivity contribution in [1.29, 1.82) is 0 Å². The molecule has 0 aliphatic carbocycles. The molecular formula is C24H22Cl2N2O2. The Morgan fingerprint density at radius 1 is 1.07 bits per heavy atom. The van der Waals surface area contributed by atoms with Crippen LogP contribution in [0.3, 0.4) is 0 Å². The number of halogens is 2. The van der Waals surface area contributed by atoms with Crippen molar-refractivity contribution < 1.29 is 9.53 Å². The fourth-order valence-corrected chi connectivity index (χ4v) is 3.54. The molecule has 1 aromatic heterocycles. The molecule has 0 aliphatic heterocycles. The first-order chi connectivity index (χ1) is 14.5. The van der Waals surface area contributed by atoms with Crippen LogP contribution in [0.1, 0.15) is 35.1 Å². The molecule has 0 atom stereocenters. The molecule has 0 N–H and O–H groups in total. The van der Waals surface area contributed by atoms with Crippen molar-refractivity contribution >= 4 is 47.4 Å². The first-order valence-corrected chi connectivity index (χ1v) is 10.3. The van der Waals surface area contributed by atoms with Gasteiger partial charge in [-0.1, -0.05) is 84.7 Å². The largest absolute Gasteiger partial charge is 0.466 e. The number of hydrogen-bond donors (Lipinski definition) is 0. The van der Waals surface area contributed by atoms with E-state index in [0.717, 1.165) is 22.5 Å². The second kappa shape index (κ2) is 10.3. The fourth-order valence-electron chi connectivity index (χ4n) is 3.02. The monoisotopic (exact) mass is 440 g/mol. The zero-order valence-corrected chi connectivity index (χ0v) is 18.3. The summed E-state index contributed by atoms with van der Waals surface area (Å²) in [5.74, 6) is 0.359. The highest BCUT2D eigenvalue weighted by Gasteiger charge is 2.15. The van der Waals surface area contributed by atoms with E-state index in [1.54, 1.807) is 6.08 Å². The van der Waals surface area contributed by atoms with Gasteiger partial charge in [0.1, 0.15) is 5.82 Å². The minimum atomic E-state index is -0.454. The number of hydrogen-bond acceptors (Lipinski definition) is 3. The van der Waals surface area contributed by atoms with Crippen LogP contribution >= 0.6 is 23.2 Å². The number of carbonyl (C=O) groups is 1. The maximum atomic E-state index is 11.5. The molecule has 0 radical (unpaired) electrons. The van der Waals surface area contributed by atoms with Crippen LogP contribution in [0.25, 0.3) is 18.2 Å². The Labute approximate surface area is 186 Å². The van der Waals surface area contributed by atoms with Crippen molar-refractivity contribution in [2.24, 2.45) is 0 Å². The molecule has 2 aromatic carbocycles. The van der Waals surface area contributed by atoms with E-state index >= 15 is 0 Å². The number of methoxy groups -OCH3 is 1. The highest BCUT2D eigenvalue weighted by molar-refractivity contribution is 6.31. The Morgan fingerprint density at radius 2 is 1.80 bits per heavy atom. The zero-order valence-electron chi connectivity index (χ0n) is 16.8. The summed E-state index contributed by atoms with van der Waals surface area (Å²) in [4.78, 5) is 15.9. The Balaban J connectivity index is 1.86. The average Bonchev–Trinajstić information content (AvgIpc) is 3.07. The van der Waals surface area contributed by atoms with E-state index in [2.05, 4.69) is 9.72 Å². The number of esters is 1. The number of aryl methyl sites for hydroxylation is 1. The normalized spacial score (nSPS) is 11.5. The van der Waals surface area contributed by atoms with Gasteiger partial charge in [-0.15, -0.1) is 0 Å². The lowest BCUT2D eigenvalue weighted by atomic mass is 10.1. The summed E-state index contributed by atoms with van der Waals surface area (Å²) in [5, 5.41) is 0.991. The number of ether oxygens (including phenoxy) is 1. The molecule has 0 amide bonds. The minimum absolute atomic E-state index is 0.338. The molecule has 1 heterocycles. The standard InChI is InChI=1S/C24H22Cl2N2O2/c1-3-22-27-24(26)21(13-14-23(29)30-2)28(22)16-19-12-11-18(15-20(19)25)10-9-17-7-5-4-6-8-17/h4-15H,3,16H2,1-2H3. The quantitative estimate of drug-likeness (QED) is 0.251. The van der Waals surface area contributed by atoms with Crippen LogP contribution in [0.15, 0.2) is 54.6 Å². The molecule has 0 saturated heterocycles. The number of aromatic nitrogens is 2. The molecule has 0 aliphatic rings. The van der Waals surface area contributed by atoms with Crippen molar-refractivity contribution in [2.75, 3.05) is 7.11 Å². The first-order valence-electron chi connectivity index (χ1n) is 9.54. The molecule has 0 spiro atoms. The molecule has 0 bridgehead atoms. The van der Waals surface area contributed by atoms with Gasteiger partial charge in [-0.25, -0.2) is 9.78 Å². The van der Waals surface area contributed by atoms with Gasteiger partial charge in [0.25, 0.3) is 0 Å². The maximum absolute atomic E-state index is 11.5. The maximum Gasteiger partial charge on any atom is 0.330 e. The molecule has 3 rings (SSSR count). The van der Waals surface area contributed by atoms with Crippen LogP contribution in [-0.4, -0.2) is 22.6 Å². The summed E-state index contributed by atoms with van der Waals surface area (Å²) in [7, 11) is 1.33. The van der Waals surface area contributed by atoms with E-state index in [9.17, 15) is 4.79 Å². The van der Waals surface area contributed by atoms with Crippen LogP contribution in [0.5, 0.6) is 0 Å². The SMILES string of the molecule is CCc1nc(Cl)c(C=CC(=O)OC)n1Cc1ccc(C=Cc2ccccc2)cc1Cl. The Hall–Kier alpha value is -2.82. The van der Waals surface area contributed by atoms with E-state index in [1.807, 2.05) is 72.2 Å². The predicted molar refractivity (Wildman–Crippen MR) is 124 cm³/mol. The third-order valence-corrected chi connectivity index (χ3v) is 5.24. The summed E-state index contributed by atoms with van der Waals surface area (Å²) in [5.41, 5.74) is 3.71. The van der Waals surface area contributed by atoms with Gasteiger partial charge in [-0.2, -0.15) is 0 Å². The van der Waals surface area contributed by atoms with E-state index < -0.39 is 5.97 Å². The average molecular weight is 441 g/mol. The highest BCUT2D eigenvalue weighted by Crippen LogP contribution is 2.25. The van der Waals surface area contributed by atoms with Crippen molar-refractivity contribution in [3.8, 4) is 0 Å². The third kappa shape index (κ3) is 5.41. The van der Waals surface area contributed by atoms with Crippen LogP contribution in [0, 0.1) is 0 Å². The van der Waals surface area contributed by atoms with Crippen molar-refractivity contribution in [1.82, 2.24) is 9.55 Å². The van der Waals surface area contributed by atoms with E-state index in [-0.39, 0.29) is 0 Å². The molecule has 0 fully saturated rings. The summed E-state index contributed by atoms with van der Waals surface area (Å²) in [6.45, 7) is 2.49. The lowest BCUT2D eigenvalue weighted by Gasteiger charge is -2.11. The van der Waals surface area contributed by atoms with Gasteiger partial charge in [0, 0.05) is 17.5 Å². The van der Waals surface area contributed by atoms with Gasteiger partial charge in [0.2, 0.25) is 0 Å². The van der Waals surface area contributed by atoms with Crippen LogP contribution in [0.2, 0.25) is 10.2 Å². The minimum Gasteiger partial charge on any atom is -0.466 e. The van der Waals surface area contributed by atoms with Gasteiger partial charge in [0.05, 0.1) is 19.3 Å². The summed E-state index contributed by atoms with van der Waals surface area (Å²) in [6.07, 6.45) is 7.72. The van der Waals surface area contributed by atoms with Crippen LogP contribution in [0.4, 0.5) is 0 Å². The van der Waals surface area contributed by atoms with Gasteiger partial charge in [0.15, 0.2) is 5.15 Å². The Kier molecular flexibility index (Phi) is 7.50. The third-order valence-electron chi connectivity index (χ3n) is 4.61. The zero-order chi connectivity index (χ0) is 21.5. The molecule has 0 unspecified atom stereocenters. The fraction of sp³-hybridized carbons (Fsp3) is 0.167. The van der Waals surface area contributed by atoms with Gasteiger partial charge in [-0.3, -0.25) is 0 Å². The highest BCUT2D eigenvalue weighted by atomic mass is 35.5. The number of imidazole rings is 1. The number of rotatable bonds is 7. The summed E-state index contributed by atoms with van der Waals surface area (Å²) >= 11 is 12.9. The molecular weight excluding hydrogens is 419 g/mol. The summed E-state index contributed by atoms with van der Waals surface area (Å²) in [6, 6.07) is 16.0. The number of carbonyl (C=O) groups excluding carboxylic acids is 1. The lowest BCUT2D eigenvalue weighted by Crippen LogP contribution is -2.07. The van der Waals surface area contributed by atoms with Crippen molar-refractivity contribution in [3.05, 3.63) is 93.0 Å². The molecule has 30 heavy (non-hydrogen) atoms. The second-order valence-corrected chi connectivity index (χ2v) is 7.36. The van der Waals surface area contributed by atoms with Crippen LogP contribution < -0.4 is 0 Å². The smallest absolute Gasteiger partial charge is 0.330 e. The molecule has 4 nitrogen and oxygen atoms in total. The first kappa shape index (κ1) is 21.9. The van der Waals surface area contributed by atoms with Gasteiger partial charge < -0.3 is 9.30 Å². The Bertz CT molecular complexity index is 1090. The molecule has 154 valence electrons. The Morgan fingerprint density at radius 3 is 2.47 bits per heavy atom. The van der Waals surface area contributed by atoms with E-state index in [4.69, 9.17) is 23.2 Å². The van der Waals surface area contributed by atoms with Gasteiger partial charge >= 0.3 is 5.97 Å². The molecule has 0 saturated carbocycles. The van der Waals surface area contributed by atoms with E-state index in [0.29, 0.717) is 28.8 Å². The lowest BCUT2D eigenvalue weighted by molar-refractivity contribution is -0.134. The molecule has 3 aromatic rings. The van der Waals surface area contributed by atoms with E-state index in [1.165, 1.54) is 13.2 Å².